The van der Waals surface area contributed by atoms with Gasteiger partial charge in [-0.3, -0.25) is 14.4 Å². The Balaban J connectivity index is 5.28. The maximum Gasteiger partial charge on any atom is 0.326 e. The van der Waals surface area contributed by atoms with Crippen molar-refractivity contribution in [1.82, 2.24) is 10.6 Å². The maximum atomic E-state index is 13.1. The first kappa shape index (κ1) is 33.2. The zero-order valence-corrected chi connectivity index (χ0v) is 23.3. The molecule has 0 fully saturated rings. The van der Waals surface area contributed by atoms with Crippen LogP contribution in [-0.2, 0) is 28.6 Å². The van der Waals surface area contributed by atoms with E-state index in [1.807, 2.05) is 20.8 Å². The third kappa shape index (κ3) is 13.8. The van der Waals surface area contributed by atoms with E-state index in [1.165, 1.54) is 0 Å². The molecule has 10 nitrogen and oxygen atoms in total. The summed E-state index contributed by atoms with van der Waals surface area (Å²) in [7, 11) is 0. The van der Waals surface area contributed by atoms with Gasteiger partial charge in [-0.2, -0.15) is 0 Å². The van der Waals surface area contributed by atoms with Crippen molar-refractivity contribution in [3.05, 3.63) is 0 Å². The highest BCUT2D eigenvalue weighted by molar-refractivity contribution is 6.01. The second kappa shape index (κ2) is 14.1. The Bertz CT molecular complexity index is 649. The average molecular weight is 503 g/mol. The minimum Gasteiger partial charge on any atom is -0.459 e. The van der Waals surface area contributed by atoms with Crippen LogP contribution in [-0.4, -0.2) is 73.5 Å². The van der Waals surface area contributed by atoms with Crippen LogP contribution in [0.2, 0.25) is 0 Å². The van der Waals surface area contributed by atoms with Gasteiger partial charge < -0.3 is 36.3 Å². The minimum atomic E-state index is -1.69. The molecule has 0 saturated heterocycles. The first-order valence-corrected chi connectivity index (χ1v) is 12.4. The molecule has 0 rings (SSSR count). The summed E-state index contributed by atoms with van der Waals surface area (Å²) in [6.07, 6.45) is 1.83. The fourth-order valence-corrected chi connectivity index (χ4v) is 3.01. The summed E-state index contributed by atoms with van der Waals surface area (Å²) in [6, 6.07) is -0.487. The number of carbonyl (C=O) groups excluding carboxylic acids is 3. The van der Waals surface area contributed by atoms with Crippen LogP contribution < -0.4 is 22.1 Å². The predicted octanol–water partition coefficient (Wildman–Crippen LogP) is 1.63. The van der Waals surface area contributed by atoms with Crippen molar-refractivity contribution < 1.29 is 28.6 Å². The van der Waals surface area contributed by atoms with Gasteiger partial charge in [-0.15, -0.1) is 0 Å². The van der Waals surface area contributed by atoms with Gasteiger partial charge >= 0.3 is 17.9 Å². The number of carbonyl (C=O) groups is 3. The molecule has 0 heterocycles. The lowest BCUT2D eigenvalue weighted by molar-refractivity contribution is -0.184. The van der Waals surface area contributed by atoms with Crippen LogP contribution in [0.4, 0.5) is 0 Å². The van der Waals surface area contributed by atoms with E-state index in [9.17, 15) is 14.4 Å². The largest absolute Gasteiger partial charge is 0.459 e. The Morgan fingerprint density at radius 2 is 1.23 bits per heavy atom. The third-order valence-electron chi connectivity index (χ3n) is 4.66. The lowest BCUT2D eigenvalue weighted by atomic mass is 9.87. The van der Waals surface area contributed by atoms with Crippen molar-refractivity contribution in [2.45, 2.75) is 104 Å². The second-order valence-electron chi connectivity index (χ2n) is 11.8. The van der Waals surface area contributed by atoms with Crippen molar-refractivity contribution in [3.63, 3.8) is 0 Å². The molecule has 1 atom stereocenters. The Kier molecular flexibility index (Phi) is 13.4. The van der Waals surface area contributed by atoms with Gasteiger partial charge in [0.2, 0.25) is 0 Å². The zero-order valence-electron chi connectivity index (χ0n) is 23.3. The quantitative estimate of drug-likeness (QED) is 0.119. The van der Waals surface area contributed by atoms with Crippen molar-refractivity contribution >= 4 is 17.9 Å². The summed E-state index contributed by atoms with van der Waals surface area (Å²) in [5, 5.41) is 6.34. The van der Waals surface area contributed by atoms with Gasteiger partial charge in [0.05, 0.1) is 0 Å². The van der Waals surface area contributed by atoms with E-state index in [4.69, 9.17) is 25.7 Å². The van der Waals surface area contributed by atoms with Gasteiger partial charge in [0, 0.05) is 13.1 Å². The molecular formula is C25H50N4O6. The molecule has 0 aromatic carbocycles. The van der Waals surface area contributed by atoms with Gasteiger partial charge in [-0.25, -0.2) is 0 Å². The van der Waals surface area contributed by atoms with Crippen molar-refractivity contribution in [2.75, 3.05) is 32.7 Å². The van der Waals surface area contributed by atoms with E-state index in [2.05, 4.69) is 10.6 Å². The van der Waals surface area contributed by atoms with Crippen LogP contribution >= 0.6 is 0 Å². The number of nitrogens with two attached hydrogens (primary N) is 2. The molecule has 0 amide bonds. The molecule has 1 unspecified atom stereocenters. The smallest absolute Gasteiger partial charge is 0.326 e. The molecule has 206 valence electrons. The van der Waals surface area contributed by atoms with E-state index in [0.717, 1.165) is 6.42 Å². The summed E-state index contributed by atoms with van der Waals surface area (Å²) in [5.74, 6) is -1.79. The molecule has 0 bridgehead atoms. The van der Waals surface area contributed by atoms with Gasteiger partial charge in [0.1, 0.15) is 22.8 Å². The number of ether oxygens (including phenoxy) is 3. The number of rotatable bonds is 14. The third-order valence-corrected chi connectivity index (χ3v) is 4.66. The Morgan fingerprint density at radius 3 is 1.63 bits per heavy atom. The first-order valence-electron chi connectivity index (χ1n) is 12.4. The Labute approximate surface area is 211 Å². The van der Waals surface area contributed by atoms with Gasteiger partial charge in [0.25, 0.3) is 0 Å². The lowest BCUT2D eigenvalue weighted by Crippen LogP contribution is -2.56. The van der Waals surface area contributed by atoms with E-state index >= 15 is 0 Å². The second-order valence-corrected chi connectivity index (χ2v) is 11.8. The van der Waals surface area contributed by atoms with Crippen molar-refractivity contribution in [2.24, 2.45) is 16.9 Å². The van der Waals surface area contributed by atoms with E-state index in [0.29, 0.717) is 32.5 Å². The Morgan fingerprint density at radius 1 is 0.743 bits per heavy atom. The normalized spacial score (nSPS) is 13.8. The first-order chi connectivity index (χ1) is 15.9. The summed E-state index contributed by atoms with van der Waals surface area (Å²) in [6.45, 7) is 17.1. The number of nitrogens with one attached hydrogen (secondary N) is 2. The number of hydrogen-bond acceptors (Lipinski definition) is 10. The molecular weight excluding hydrogens is 452 g/mol. The molecule has 35 heavy (non-hydrogen) atoms. The van der Waals surface area contributed by atoms with Crippen LogP contribution in [0.5, 0.6) is 0 Å². The summed E-state index contributed by atoms with van der Waals surface area (Å²) in [5.41, 5.74) is 7.64. The van der Waals surface area contributed by atoms with Crippen LogP contribution in [0.15, 0.2) is 0 Å². The van der Waals surface area contributed by atoms with Crippen molar-refractivity contribution in [1.29, 1.82) is 0 Å². The molecule has 0 aliphatic carbocycles. The van der Waals surface area contributed by atoms with E-state index < -0.39 is 40.2 Å². The topological polar surface area (TPSA) is 155 Å². The summed E-state index contributed by atoms with van der Waals surface area (Å²) in [4.78, 5) is 38.7. The number of hydrogen-bond donors (Lipinski definition) is 4. The maximum absolute atomic E-state index is 13.1. The van der Waals surface area contributed by atoms with Gasteiger partial charge in [0.15, 0.2) is 5.41 Å². The molecule has 0 saturated carbocycles. The molecule has 0 aliphatic rings. The van der Waals surface area contributed by atoms with Crippen LogP contribution in [0.1, 0.15) is 81.6 Å². The standard InChI is InChI=1S/C25H50N4O6/c1-22(2,3)33-19(30)18(29-15-11-13-26)12-10-14-28-17-25(16-27,20(31)34-23(4,5)6)21(32)35-24(7,8)9/h18,28-29H,10-17,26-27H2,1-9H3. The van der Waals surface area contributed by atoms with E-state index in [1.54, 1.807) is 41.5 Å². The molecule has 0 spiro atoms. The highest BCUT2D eigenvalue weighted by Crippen LogP contribution is 2.26. The molecule has 0 aromatic rings. The average Bonchev–Trinajstić information content (AvgIpc) is 2.65. The Hall–Kier alpha value is -1.75. The molecule has 6 N–H and O–H groups in total. The predicted molar refractivity (Wildman–Crippen MR) is 137 cm³/mol. The number of esters is 3. The molecule has 0 radical (unpaired) electrons. The summed E-state index contributed by atoms with van der Waals surface area (Å²) >= 11 is 0. The molecule has 10 heteroatoms. The highest BCUT2D eigenvalue weighted by Gasteiger charge is 2.50. The van der Waals surface area contributed by atoms with E-state index in [-0.39, 0.29) is 19.1 Å². The lowest BCUT2D eigenvalue weighted by Gasteiger charge is -2.34. The fourth-order valence-electron chi connectivity index (χ4n) is 3.01. The SMILES string of the molecule is CC(C)(C)OC(=O)C(CCCNCC(CN)(C(=O)OC(C)(C)C)C(=O)OC(C)(C)C)NCCCN. The van der Waals surface area contributed by atoms with Gasteiger partial charge in [-0.05, 0) is 101 Å². The van der Waals surface area contributed by atoms with Gasteiger partial charge in [-0.1, -0.05) is 0 Å². The van der Waals surface area contributed by atoms with Crippen LogP contribution in [0.25, 0.3) is 0 Å². The zero-order chi connectivity index (χ0) is 27.5. The minimum absolute atomic E-state index is 0.0506. The fraction of sp³-hybridized carbons (Fsp3) is 0.880. The monoisotopic (exact) mass is 502 g/mol. The molecule has 0 aromatic heterocycles. The molecule has 0 aliphatic heterocycles. The van der Waals surface area contributed by atoms with Crippen LogP contribution in [0, 0.1) is 5.41 Å². The highest BCUT2D eigenvalue weighted by atomic mass is 16.6. The van der Waals surface area contributed by atoms with Crippen molar-refractivity contribution in [3.8, 4) is 0 Å². The summed E-state index contributed by atoms with van der Waals surface area (Å²) < 4.78 is 16.6. The van der Waals surface area contributed by atoms with Crippen LogP contribution in [0.3, 0.4) is 0 Å².